The van der Waals surface area contributed by atoms with Gasteiger partial charge in [0.1, 0.15) is 19.0 Å². The van der Waals surface area contributed by atoms with Gasteiger partial charge in [-0.05, 0) is 35.9 Å². The van der Waals surface area contributed by atoms with E-state index >= 15 is 0 Å². The van der Waals surface area contributed by atoms with Crippen LogP contribution in [0.25, 0.3) is 6.08 Å². The molecule has 1 N–H and O–H groups in total. The number of para-hydroxylation sites is 2. The Morgan fingerprint density at radius 2 is 1.97 bits per heavy atom. The maximum atomic E-state index is 13.0. The fourth-order valence-electron chi connectivity index (χ4n) is 3.39. The Morgan fingerprint density at radius 3 is 2.77 bits per heavy atom. The second-order valence-corrected chi connectivity index (χ2v) is 6.72. The highest BCUT2D eigenvalue weighted by Crippen LogP contribution is 2.40. The molecule has 4 rings (SSSR count). The molecule has 0 aliphatic carbocycles. The van der Waals surface area contributed by atoms with E-state index in [1.165, 1.54) is 18.0 Å². The lowest BCUT2D eigenvalue weighted by Gasteiger charge is -2.33. The van der Waals surface area contributed by atoms with Gasteiger partial charge in [-0.1, -0.05) is 12.1 Å². The molecule has 0 radical (unpaired) electrons. The fourth-order valence-corrected chi connectivity index (χ4v) is 3.39. The van der Waals surface area contributed by atoms with Crippen LogP contribution in [-0.4, -0.2) is 51.8 Å². The monoisotopic (exact) mass is 410 g/mol. The van der Waals surface area contributed by atoms with Crippen LogP contribution in [0.5, 0.6) is 23.0 Å². The number of hydrogen-bond acceptors (Lipinski definition) is 6. The number of anilines is 1. The van der Waals surface area contributed by atoms with Crippen molar-refractivity contribution in [2.24, 2.45) is 0 Å². The molecule has 2 heterocycles. The predicted molar refractivity (Wildman–Crippen MR) is 110 cm³/mol. The summed E-state index contributed by atoms with van der Waals surface area (Å²) < 4.78 is 22.4. The average molecular weight is 410 g/mol. The standard InChI is InChI=1S/C22H22N2O6/c1-23-22(26)19-13-24(15-5-3-4-6-16(15)30-19)20(25)8-7-14-11-17(27-2)21-18(12-14)28-9-10-29-21/h3-8,11-12,19H,9-10,13H2,1-2H3,(H,23,26)/b8-7+/t19-/m1/s1. The van der Waals surface area contributed by atoms with E-state index in [9.17, 15) is 9.59 Å². The number of nitrogens with zero attached hydrogens (tertiary/aromatic N) is 1. The van der Waals surface area contributed by atoms with Gasteiger partial charge in [-0.3, -0.25) is 9.59 Å². The largest absolute Gasteiger partial charge is 0.493 e. The van der Waals surface area contributed by atoms with Gasteiger partial charge in [0, 0.05) is 13.1 Å². The third-order valence-electron chi connectivity index (χ3n) is 4.85. The molecule has 2 aromatic rings. The topological polar surface area (TPSA) is 86.3 Å². The molecule has 2 aliphatic rings. The second kappa shape index (κ2) is 8.36. The summed E-state index contributed by atoms with van der Waals surface area (Å²) in [6.45, 7) is 1.03. The zero-order valence-corrected chi connectivity index (χ0v) is 16.7. The number of nitrogens with one attached hydrogen (secondary N) is 1. The number of methoxy groups -OCH3 is 1. The van der Waals surface area contributed by atoms with Gasteiger partial charge in [0.2, 0.25) is 5.75 Å². The van der Waals surface area contributed by atoms with Crippen molar-refractivity contribution in [3.63, 3.8) is 0 Å². The fraction of sp³-hybridized carbons (Fsp3) is 0.273. The van der Waals surface area contributed by atoms with Crippen molar-refractivity contribution in [1.82, 2.24) is 5.32 Å². The van der Waals surface area contributed by atoms with Crippen molar-refractivity contribution in [3.05, 3.63) is 48.0 Å². The summed E-state index contributed by atoms with van der Waals surface area (Å²) in [6, 6.07) is 10.7. The van der Waals surface area contributed by atoms with Crippen LogP contribution in [0.3, 0.4) is 0 Å². The lowest BCUT2D eigenvalue weighted by molar-refractivity contribution is -0.127. The Kier molecular flexibility index (Phi) is 5.47. The summed E-state index contributed by atoms with van der Waals surface area (Å²) >= 11 is 0. The van der Waals surface area contributed by atoms with Crippen molar-refractivity contribution in [2.75, 3.05) is 38.8 Å². The average Bonchev–Trinajstić information content (AvgIpc) is 2.80. The minimum absolute atomic E-state index is 0.115. The molecule has 2 aromatic carbocycles. The summed E-state index contributed by atoms with van der Waals surface area (Å²) in [6.07, 6.45) is 2.35. The van der Waals surface area contributed by atoms with Crippen LogP contribution >= 0.6 is 0 Å². The molecule has 1 atom stereocenters. The molecule has 8 heteroatoms. The van der Waals surface area contributed by atoms with Gasteiger partial charge in [-0.15, -0.1) is 0 Å². The Bertz CT molecular complexity index is 986. The van der Waals surface area contributed by atoms with E-state index in [1.807, 2.05) is 6.07 Å². The Balaban J connectivity index is 1.60. The SMILES string of the molecule is CNC(=O)[C@H]1CN(C(=O)/C=C/c2cc(OC)c3c(c2)OCCO3)c2ccccc2O1. The number of carbonyl (C=O) groups is 2. The van der Waals surface area contributed by atoms with Crippen LogP contribution in [-0.2, 0) is 9.59 Å². The molecule has 2 amide bonds. The van der Waals surface area contributed by atoms with Crippen molar-refractivity contribution >= 4 is 23.6 Å². The van der Waals surface area contributed by atoms with Crippen LogP contribution in [0.1, 0.15) is 5.56 Å². The number of benzene rings is 2. The number of ether oxygens (including phenoxy) is 4. The molecule has 0 fully saturated rings. The number of likely N-dealkylation sites (N-methyl/N-ethyl adjacent to an activating group) is 1. The Morgan fingerprint density at radius 1 is 1.17 bits per heavy atom. The number of amides is 2. The molecular formula is C22H22N2O6. The van der Waals surface area contributed by atoms with E-state index in [4.69, 9.17) is 18.9 Å². The third-order valence-corrected chi connectivity index (χ3v) is 4.85. The normalized spacial score (nSPS) is 17.1. The number of rotatable bonds is 4. The summed E-state index contributed by atoms with van der Waals surface area (Å²) in [5.74, 6) is 1.60. The van der Waals surface area contributed by atoms with Gasteiger partial charge >= 0.3 is 0 Å². The first kappa shape index (κ1) is 19.6. The smallest absolute Gasteiger partial charge is 0.262 e. The number of fused-ring (bicyclic) bond motifs is 2. The van der Waals surface area contributed by atoms with Gasteiger partial charge in [-0.2, -0.15) is 0 Å². The van der Waals surface area contributed by atoms with Crippen LogP contribution < -0.4 is 29.2 Å². The lowest BCUT2D eigenvalue weighted by atomic mass is 10.1. The minimum Gasteiger partial charge on any atom is -0.493 e. The first-order chi connectivity index (χ1) is 14.6. The van der Waals surface area contributed by atoms with E-state index in [-0.39, 0.29) is 18.4 Å². The van der Waals surface area contributed by atoms with Crippen LogP contribution in [0.4, 0.5) is 5.69 Å². The van der Waals surface area contributed by atoms with E-state index < -0.39 is 6.10 Å². The Labute approximate surface area is 174 Å². The van der Waals surface area contributed by atoms with Crippen molar-refractivity contribution in [1.29, 1.82) is 0 Å². The lowest BCUT2D eigenvalue weighted by Crippen LogP contribution is -2.49. The summed E-state index contributed by atoms with van der Waals surface area (Å²) in [4.78, 5) is 26.6. The van der Waals surface area contributed by atoms with Gasteiger partial charge in [0.05, 0.1) is 19.3 Å². The van der Waals surface area contributed by atoms with Crippen molar-refractivity contribution in [3.8, 4) is 23.0 Å². The molecule has 0 saturated carbocycles. The van der Waals surface area contributed by atoms with Gasteiger partial charge in [0.15, 0.2) is 17.6 Å². The second-order valence-electron chi connectivity index (χ2n) is 6.72. The van der Waals surface area contributed by atoms with Crippen LogP contribution in [0.15, 0.2) is 42.5 Å². The highest BCUT2D eigenvalue weighted by molar-refractivity contribution is 6.05. The molecule has 0 aromatic heterocycles. The summed E-state index contributed by atoms with van der Waals surface area (Å²) in [5.41, 5.74) is 1.35. The zero-order chi connectivity index (χ0) is 21.1. The number of hydrogen-bond donors (Lipinski definition) is 1. The van der Waals surface area contributed by atoms with Gasteiger partial charge in [0.25, 0.3) is 11.8 Å². The van der Waals surface area contributed by atoms with E-state index in [2.05, 4.69) is 5.32 Å². The first-order valence-electron chi connectivity index (χ1n) is 9.55. The molecule has 0 spiro atoms. The van der Waals surface area contributed by atoms with Gasteiger partial charge < -0.3 is 29.2 Å². The predicted octanol–water partition coefficient (Wildman–Crippen LogP) is 2.02. The zero-order valence-electron chi connectivity index (χ0n) is 16.7. The quantitative estimate of drug-likeness (QED) is 0.777. The van der Waals surface area contributed by atoms with Gasteiger partial charge in [-0.25, -0.2) is 0 Å². The van der Waals surface area contributed by atoms with Crippen LogP contribution in [0, 0.1) is 0 Å². The summed E-state index contributed by atoms with van der Waals surface area (Å²) in [7, 11) is 3.09. The molecule has 0 saturated heterocycles. The van der Waals surface area contributed by atoms with E-state index in [0.29, 0.717) is 41.9 Å². The third kappa shape index (κ3) is 3.76. The molecule has 8 nitrogen and oxygen atoms in total. The van der Waals surface area contributed by atoms with Crippen molar-refractivity contribution in [2.45, 2.75) is 6.10 Å². The maximum absolute atomic E-state index is 13.0. The molecule has 0 bridgehead atoms. The molecule has 156 valence electrons. The molecule has 0 unspecified atom stereocenters. The summed E-state index contributed by atoms with van der Waals surface area (Å²) in [5, 5.41) is 2.56. The van der Waals surface area contributed by atoms with Crippen molar-refractivity contribution < 1.29 is 28.5 Å². The molecule has 30 heavy (non-hydrogen) atoms. The highest BCUT2D eigenvalue weighted by atomic mass is 16.6. The maximum Gasteiger partial charge on any atom is 0.262 e. The first-order valence-corrected chi connectivity index (χ1v) is 9.55. The van der Waals surface area contributed by atoms with E-state index in [0.717, 1.165) is 5.56 Å². The van der Waals surface area contributed by atoms with E-state index in [1.54, 1.807) is 43.5 Å². The Hall–Kier alpha value is -3.68. The minimum atomic E-state index is -0.781. The number of carbonyl (C=O) groups excluding carboxylic acids is 2. The highest BCUT2D eigenvalue weighted by Gasteiger charge is 2.32. The molecule has 2 aliphatic heterocycles. The van der Waals surface area contributed by atoms with Crippen LogP contribution in [0.2, 0.25) is 0 Å². The molecular weight excluding hydrogens is 388 g/mol.